The molecule has 0 bridgehead atoms. The van der Waals surface area contributed by atoms with Gasteiger partial charge in [-0.2, -0.15) is 0 Å². The SMILES string of the molecule is Cc1nc(C(NN)c2ccc(C(C)(C)C)cc2)cs1. The largest absolute Gasteiger partial charge is 0.271 e. The molecule has 1 heterocycles. The number of aromatic nitrogens is 1. The molecule has 4 heteroatoms. The van der Waals surface area contributed by atoms with Crippen LogP contribution in [0, 0.1) is 6.92 Å². The molecular formula is C15H21N3S. The maximum Gasteiger partial charge on any atom is 0.0898 e. The van der Waals surface area contributed by atoms with Crippen molar-refractivity contribution in [3.05, 3.63) is 51.5 Å². The van der Waals surface area contributed by atoms with E-state index in [1.54, 1.807) is 11.3 Å². The lowest BCUT2D eigenvalue weighted by atomic mass is 9.86. The number of hydrogen-bond acceptors (Lipinski definition) is 4. The number of nitrogens with two attached hydrogens (primary N) is 1. The highest BCUT2D eigenvalue weighted by Crippen LogP contribution is 2.26. The fraction of sp³-hybridized carbons (Fsp3) is 0.400. The average molecular weight is 275 g/mol. The molecule has 2 rings (SSSR count). The summed E-state index contributed by atoms with van der Waals surface area (Å²) < 4.78 is 0. The summed E-state index contributed by atoms with van der Waals surface area (Å²) in [7, 11) is 0. The van der Waals surface area contributed by atoms with Crippen LogP contribution in [0.25, 0.3) is 0 Å². The summed E-state index contributed by atoms with van der Waals surface area (Å²) in [5.41, 5.74) is 6.46. The first kappa shape index (κ1) is 14.2. The van der Waals surface area contributed by atoms with E-state index in [0.717, 1.165) is 16.3 Å². The van der Waals surface area contributed by atoms with Crippen molar-refractivity contribution < 1.29 is 0 Å². The number of nitrogens with zero attached hydrogens (tertiary/aromatic N) is 1. The standard InChI is InChI=1S/C15H21N3S/c1-10-17-13(9-19-10)14(18-16)11-5-7-12(8-6-11)15(2,3)4/h5-9,14,18H,16H2,1-4H3. The third-order valence-electron chi connectivity index (χ3n) is 3.21. The molecule has 102 valence electrons. The summed E-state index contributed by atoms with van der Waals surface area (Å²) in [6.07, 6.45) is 0. The molecule has 1 aromatic carbocycles. The van der Waals surface area contributed by atoms with E-state index in [4.69, 9.17) is 5.84 Å². The van der Waals surface area contributed by atoms with Crippen LogP contribution in [0.5, 0.6) is 0 Å². The van der Waals surface area contributed by atoms with Crippen LogP contribution in [0.2, 0.25) is 0 Å². The number of nitrogens with one attached hydrogen (secondary N) is 1. The Balaban J connectivity index is 2.30. The monoisotopic (exact) mass is 275 g/mol. The molecule has 2 aromatic rings. The number of thiazole rings is 1. The molecule has 0 aliphatic rings. The second kappa shape index (κ2) is 5.41. The summed E-state index contributed by atoms with van der Waals surface area (Å²) in [5, 5.41) is 3.11. The van der Waals surface area contributed by atoms with E-state index in [-0.39, 0.29) is 11.5 Å². The lowest BCUT2D eigenvalue weighted by molar-refractivity contribution is 0.587. The Bertz CT molecular complexity index is 537. The molecule has 0 aliphatic carbocycles. The molecule has 3 N–H and O–H groups in total. The van der Waals surface area contributed by atoms with Crippen LogP contribution in [-0.4, -0.2) is 4.98 Å². The molecule has 0 spiro atoms. The van der Waals surface area contributed by atoms with Gasteiger partial charge in [-0.1, -0.05) is 45.0 Å². The third-order valence-corrected chi connectivity index (χ3v) is 4.00. The van der Waals surface area contributed by atoms with E-state index in [2.05, 4.69) is 60.8 Å². The molecule has 19 heavy (non-hydrogen) atoms. The second-order valence-electron chi connectivity index (χ2n) is 5.76. The van der Waals surface area contributed by atoms with Crippen molar-refractivity contribution in [1.29, 1.82) is 0 Å². The highest BCUT2D eigenvalue weighted by atomic mass is 32.1. The summed E-state index contributed by atoms with van der Waals surface area (Å²) in [4.78, 5) is 4.51. The average Bonchev–Trinajstić information content (AvgIpc) is 2.76. The molecule has 0 saturated carbocycles. The zero-order valence-corrected chi connectivity index (χ0v) is 12.7. The van der Waals surface area contributed by atoms with E-state index in [0.29, 0.717) is 0 Å². The maximum absolute atomic E-state index is 5.68. The van der Waals surface area contributed by atoms with E-state index in [9.17, 15) is 0 Å². The fourth-order valence-corrected chi connectivity index (χ4v) is 2.68. The zero-order chi connectivity index (χ0) is 14.0. The number of benzene rings is 1. The van der Waals surface area contributed by atoms with E-state index < -0.39 is 0 Å². The number of hydrazine groups is 1. The Morgan fingerprint density at radius 1 is 1.21 bits per heavy atom. The smallest absolute Gasteiger partial charge is 0.0898 e. The second-order valence-corrected chi connectivity index (χ2v) is 6.83. The van der Waals surface area contributed by atoms with Gasteiger partial charge in [-0.15, -0.1) is 11.3 Å². The van der Waals surface area contributed by atoms with Crippen LogP contribution in [0.3, 0.4) is 0 Å². The van der Waals surface area contributed by atoms with Gasteiger partial charge in [-0.3, -0.25) is 5.84 Å². The highest BCUT2D eigenvalue weighted by Gasteiger charge is 2.17. The van der Waals surface area contributed by atoms with Crippen molar-refractivity contribution >= 4 is 11.3 Å². The van der Waals surface area contributed by atoms with Crippen LogP contribution < -0.4 is 11.3 Å². The summed E-state index contributed by atoms with van der Waals surface area (Å²) >= 11 is 1.64. The normalized spacial score (nSPS) is 13.5. The van der Waals surface area contributed by atoms with Crippen molar-refractivity contribution in [3.63, 3.8) is 0 Å². The Kier molecular flexibility index (Phi) is 4.04. The van der Waals surface area contributed by atoms with Crippen molar-refractivity contribution in [2.75, 3.05) is 0 Å². The quantitative estimate of drug-likeness (QED) is 0.667. The Hall–Kier alpha value is -1.23. The number of aryl methyl sites for hydroxylation is 1. The minimum atomic E-state index is -0.0426. The van der Waals surface area contributed by atoms with Crippen LogP contribution in [0.4, 0.5) is 0 Å². The Morgan fingerprint density at radius 2 is 1.84 bits per heavy atom. The molecule has 1 aromatic heterocycles. The van der Waals surface area contributed by atoms with Gasteiger partial charge in [0.15, 0.2) is 0 Å². The predicted octanol–water partition coefficient (Wildman–Crippen LogP) is 3.30. The van der Waals surface area contributed by atoms with Gasteiger partial charge in [-0.05, 0) is 23.5 Å². The third kappa shape index (κ3) is 3.21. The lowest BCUT2D eigenvalue weighted by Gasteiger charge is -2.20. The van der Waals surface area contributed by atoms with Crippen LogP contribution in [-0.2, 0) is 5.41 Å². The van der Waals surface area contributed by atoms with Gasteiger partial charge in [0.1, 0.15) is 0 Å². The van der Waals surface area contributed by atoms with Gasteiger partial charge in [0.05, 0.1) is 16.7 Å². The van der Waals surface area contributed by atoms with Crippen molar-refractivity contribution in [2.45, 2.75) is 39.2 Å². The van der Waals surface area contributed by atoms with Gasteiger partial charge < -0.3 is 0 Å². The van der Waals surface area contributed by atoms with Crippen molar-refractivity contribution in [1.82, 2.24) is 10.4 Å². The van der Waals surface area contributed by atoms with Crippen LogP contribution >= 0.6 is 11.3 Å². The predicted molar refractivity (Wildman–Crippen MR) is 81.2 cm³/mol. The summed E-state index contributed by atoms with van der Waals surface area (Å²) in [5.74, 6) is 5.68. The van der Waals surface area contributed by atoms with Gasteiger partial charge in [0.2, 0.25) is 0 Å². The highest BCUT2D eigenvalue weighted by molar-refractivity contribution is 7.09. The molecule has 1 atom stereocenters. The molecule has 0 radical (unpaired) electrons. The first-order valence-corrected chi connectivity index (χ1v) is 7.28. The van der Waals surface area contributed by atoms with Crippen molar-refractivity contribution in [2.24, 2.45) is 5.84 Å². The molecule has 1 unspecified atom stereocenters. The lowest BCUT2D eigenvalue weighted by Crippen LogP contribution is -2.29. The molecule has 0 saturated heterocycles. The molecular weight excluding hydrogens is 254 g/mol. The van der Waals surface area contributed by atoms with Gasteiger partial charge in [-0.25, -0.2) is 10.4 Å². The van der Waals surface area contributed by atoms with Crippen LogP contribution in [0.15, 0.2) is 29.6 Å². The van der Waals surface area contributed by atoms with E-state index in [1.165, 1.54) is 5.56 Å². The summed E-state index contributed by atoms with van der Waals surface area (Å²) in [6.45, 7) is 8.64. The maximum atomic E-state index is 5.68. The minimum Gasteiger partial charge on any atom is -0.271 e. The summed E-state index contributed by atoms with van der Waals surface area (Å²) in [6, 6.07) is 8.54. The minimum absolute atomic E-state index is 0.0426. The van der Waals surface area contributed by atoms with Gasteiger partial charge in [0.25, 0.3) is 0 Å². The van der Waals surface area contributed by atoms with E-state index >= 15 is 0 Å². The molecule has 3 nitrogen and oxygen atoms in total. The Morgan fingerprint density at radius 3 is 2.26 bits per heavy atom. The van der Waals surface area contributed by atoms with E-state index in [1.807, 2.05) is 6.92 Å². The number of hydrogen-bond donors (Lipinski definition) is 2. The first-order chi connectivity index (χ1) is 8.91. The molecule has 0 fully saturated rings. The molecule has 0 aliphatic heterocycles. The number of rotatable bonds is 3. The first-order valence-electron chi connectivity index (χ1n) is 6.40. The van der Waals surface area contributed by atoms with Crippen LogP contribution in [0.1, 0.15) is 48.6 Å². The Labute approximate surface area is 118 Å². The topological polar surface area (TPSA) is 50.9 Å². The zero-order valence-electron chi connectivity index (χ0n) is 11.9. The van der Waals surface area contributed by atoms with Crippen molar-refractivity contribution in [3.8, 4) is 0 Å². The van der Waals surface area contributed by atoms with Gasteiger partial charge in [0, 0.05) is 5.38 Å². The molecule has 0 amide bonds. The fourth-order valence-electron chi connectivity index (χ4n) is 2.04. The van der Waals surface area contributed by atoms with Gasteiger partial charge >= 0.3 is 0 Å².